The maximum absolute atomic E-state index is 12.0. The smallest absolute Gasteiger partial charge is 0.367 e. The number of thioether (sulfide) groups is 1. The molecule has 0 radical (unpaired) electrons. The lowest BCUT2D eigenvalue weighted by Gasteiger charge is -2.12. The van der Waals surface area contributed by atoms with Gasteiger partial charge in [0, 0.05) is 31.6 Å². The first-order chi connectivity index (χ1) is 11.9. The van der Waals surface area contributed by atoms with Crippen molar-refractivity contribution in [3.05, 3.63) is 48.0 Å². The summed E-state index contributed by atoms with van der Waals surface area (Å²) in [6.45, 7) is 3.75. The molecule has 2 N–H and O–H groups in total. The highest BCUT2D eigenvalue weighted by atomic mass is 32.2. The van der Waals surface area contributed by atoms with Gasteiger partial charge in [0.2, 0.25) is 0 Å². The summed E-state index contributed by atoms with van der Waals surface area (Å²) in [6, 6.07) is 7.23. The maximum Gasteiger partial charge on any atom is 0.411 e. The largest absolute Gasteiger partial charge is 0.411 e. The van der Waals surface area contributed by atoms with E-state index in [0.29, 0.717) is 18.1 Å². The monoisotopic (exact) mass is 375 g/mol. The van der Waals surface area contributed by atoms with Gasteiger partial charge in [0.1, 0.15) is 6.61 Å². The SMILES string of the molecule is C=CCSCCNC(=NC)NCc1ccc(COCC(F)(F)F)cc1. The molecule has 1 aromatic rings. The fraction of sp³-hybridized carbons (Fsp3) is 0.471. The Kier molecular flexibility index (Phi) is 10.1. The standard InChI is InChI=1S/C17H24F3N3OS/c1-3-9-25-10-8-22-16(21-2)23-11-14-4-6-15(7-5-14)12-24-13-17(18,19)20/h3-7H,1,8-13H2,2H3,(H2,21,22,23). The lowest BCUT2D eigenvalue weighted by molar-refractivity contribution is -0.176. The van der Waals surface area contributed by atoms with Crippen molar-refractivity contribution in [1.82, 2.24) is 10.6 Å². The highest BCUT2D eigenvalue weighted by Crippen LogP contribution is 2.15. The third kappa shape index (κ3) is 10.7. The van der Waals surface area contributed by atoms with Gasteiger partial charge in [-0.05, 0) is 11.1 Å². The van der Waals surface area contributed by atoms with E-state index in [1.807, 2.05) is 18.2 Å². The van der Waals surface area contributed by atoms with Crippen molar-refractivity contribution in [2.45, 2.75) is 19.3 Å². The molecule has 0 fully saturated rings. The Balaban J connectivity index is 2.30. The minimum atomic E-state index is -4.29. The van der Waals surface area contributed by atoms with Crippen LogP contribution >= 0.6 is 11.8 Å². The molecule has 0 spiro atoms. The number of nitrogens with one attached hydrogen (secondary N) is 2. The minimum Gasteiger partial charge on any atom is -0.367 e. The Hall–Kier alpha value is -1.67. The molecular weight excluding hydrogens is 351 g/mol. The number of rotatable bonds is 10. The minimum absolute atomic E-state index is 0.0567. The van der Waals surface area contributed by atoms with Crippen LogP contribution in [0.4, 0.5) is 13.2 Å². The summed E-state index contributed by atoms with van der Waals surface area (Å²) in [5.41, 5.74) is 1.71. The first-order valence-electron chi connectivity index (χ1n) is 7.80. The van der Waals surface area contributed by atoms with E-state index in [0.717, 1.165) is 23.6 Å². The molecule has 0 bridgehead atoms. The van der Waals surface area contributed by atoms with Gasteiger partial charge in [-0.2, -0.15) is 24.9 Å². The molecule has 4 nitrogen and oxygen atoms in total. The summed E-state index contributed by atoms with van der Waals surface area (Å²) in [5, 5.41) is 6.40. The molecule has 0 aliphatic heterocycles. The van der Waals surface area contributed by atoms with Gasteiger partial charge in [-0.1, -0.05) is 30.3 Å². The Morgan fingerprint density at radius 2 is 1.92 bits per heavy atom. The van der Waals surface area contributed by atoms with Gasteiger partial charge in [-0.3, -0.25) is 4.99 Å². The van der Waals surface area contributed by atoms with Gasteiger partial charge in [-0.25, -0.2) is 0 Å². The Labute approximate surface area is 150 Å². The summed E-state index contributed by atoms with van der Waals surface area (Å²) in [6.07, 6.45) is -2.42. The molecule has 140 valence electrons. The number of benzene rings is 1. The molecule has 0 saturated heterocycles. The average molecular weight is 375 g/mol. The first kappa shape index (κ1) is 21.4. The van der Waals surface area contributed by atoms with Crippen LogP contribution in [0.25, 0.3) is 0 Å². The average Bonchev–Trinajstić information content (AvgIpc) is 2.57. The van der Waals surface area contributed by atoms with Crippen LogP contribution < -0.4 is 10.6 Å². The predicted octanol–water partition coefficient (Wildman–Crippen LogP) is 3.35. The van der Waals surface area contributed by atoms with Gasteiger partial charge in [-0.15, -0.1) is 6.58 Å². The molecule has 0 aliphatic carbocycles. The van der Waals surface area contributed by atoms with Crippen LogP contribution in [0.2, 0.25) is 0 Å². The van der Waals surface area contributed by atoms with Crippen LogP contribution in [-0.2, 0) is 17.9 Å². The quantitative estimate of drug-likeness (QED) is 0.285. The molecule has 0 amide bonds. The van der Waals surface area contributed by atoms with Crippen LogP contribution in [0.5, 0.6) is 0 Å². The highest BCUT2D eigenvalue weighted by Gasteiger charge is 2.27. The molecule has 0 saturated carbocycles. The van der Waals surface area contributed by atoms with E-state index in [1.165, 1.54) is 0 Å². The van der Waals surface area contributed by atoms with E-state index in [1.54, 1.807) is 30.9 Å². The second-order valence-corrected chi connectivity index (χ2v) is 6.29. The number of halogens is 3. The fourth-order valence-corrected chi connectivity index (χ4v) is 2.43. The first-order valence-corrected chi connectivity index (χ1v) is 8.95. The number of aliphatic imine (C=N–C) groups is 1. The van der Waals surface area contributed by atoms with Crippen molar-refractivity contribution in [3.63, 3.8) is 0 Å². The van der Waals surface area contributed by atoms with E-state index in [4.69, 9.17) is 0 Å². The van der Waals surface area contributed by atoms with E-state index >= 15 is 0 Å². The van der Waals surface area contributed by atoms with Gasteiger partial charge in [0.15, 0.2) is 5.96 Å². The summed E-state index contributed by atoms with van der Waals surface area (Å²) < 4.78 is 40.7. The van der Waals surface area contributed by atoms with Crippen LogP contribution in [0.3, 0.4) is 0 Å². The number of hydrogen-bond acceptors (Lipinski definition) is 3. The normalized spacial score (nSPS) is 12.1. The number of alkyl halides is 3. The number of ether oxygens (including phenoxy) is 1. The molecule has 0 atom stereocenters. The second kappa shape index (κ2) is 11.8. The van der Waals surface area contributed by atoms with Gasteiger partial charge in [0.05, 0.1) is 6.61 Å². The lowest BCUT2D eigenvalue weighted by atomic mass is 10.1. The zero-order valence-corrected chi connectivity index (χ0v) is 15.1. The molecule has 0 aliphatic rings. The Morgan fingerprint density at radius 1 is 1.24 bits per heavy atom. The topological polar surface area (TPSA) is 45.7 Å². The van der Waals surface area contributed by atoms with Gasteiger partial charge >= 0.3 is 6.18 Å². The molecule has 8 heteroatoms. The van der Waals surface area contributed by atoms with Gasteiger partial charge < -0.3 is 15.4 Å². The highest BCUT2D eigenvalue weighted by molar-refractivity contribution is 7.99. The van der Waals surface area contributed by atoms with E-state index in [9.17, 15) is 13.2 Å². The molecular formula is C17H24F3N3OS. The third-order valence-electron chi connectivity index (χ3n) is 3.02. The number of guanidine groups is 1. The molecule has 1 rings (SSSR count). The van der Waals surface area contributed by atoms with Crippen molar-refractivity contribution >= 4 is 17.7 Å². The van der Waals surface area contributed by atoms with Crippen LogP contribution in [0, 0.1) is 0 Å². The van der Waals surface area contributed by atoms with Crippen molar-refractivity contribution in [2.24, 2.45) is 4.99 Å². The maximum atomic E-state index is 12.0. The molecule has 1 aromatic carbocycles. The van der Waals surface area contributed by atoms with Crippen LogP contribution in [-0.4, -0.2) is 43.8 Å². The Bertz CT molecular complexity index is 533. The summed E-state index contributed by atoms with van der Waals surface area (Å²) in [7, 11) is 1.70. The molecule has 0 heterocycles. The fourth-order valence-electron chi connectivity index (χ4n) is 1.85. The van der Waals surface area contributed by atoms with E-state index in [2.05, 4.69) is 26.9 Å². The van der Waals surface area contributed by atoms with Crippen molar-refractivity contribution in [2.75, 3.05) is 31.7 Å². The third-order valence-corrected chi connectivity index (χ3v) is 3.98. The summed E-state index contributed by atoms with van der Waals surface area (Å²) in [5.74, 6) is 2.59. The van der Waals surface area contributed by atoms with Crippen LogP contribution in [0.15, 0.2) is 41.9 Å². The van der Waals surface area contributed by atoms with Crippen molar-refractivity contribution < 1.29 is 17.9 Å². The molecule has 0 unspecified atom stereocenters. The molecule has 25 heavy (non-hydrogen) atoms. The zero-order valence-electron chi connectivity index (χ0n) is 14.2. The second-order valence-electron chi connectivity index (χ2n) is 5.14. The number of nitrogens with zero attached hydrogens (tertiary/aromatic N) is 1. The summed E-state index contributed by atoms with van der Waals surface area (Å²) in [4.78, 5) is 4.14. The van der Waals surface area contributed by atoms with Crippen molar-refractivity contribution in [1.29, 1.82) is 0 Å². The predicted molar refractivity (Wildman–Crippen MR) is 97.9 cm³/mol. The number of hydrogen-bond donors (Lipinski definition) is 2. The zero-order chi connectivity index (χ0) is 18.5. The van der Waals surface area contributed by atoms with Crippen molar-refractivity contribution in [3.8, 4) is 0 Å². The van der Waals surface area contributed by atoms with E-state index in [-0.39, 0.29) is 6.61 Å². The molecule has 0 aromatic heterocycles. The Morgan fingerprint density at radius 3 is 2.52 bits per heavy atom. The van der Waals surface area contributed by atoms with Crippen LogP contribution in [0.1, 0.15) is 11.1 Å². The van der Waals surface area contributed by atoms with E-state index < -0.39 is 12.8 Å². The lowest BCUT2D eigenvalue weighted by Crippen LogP contribution is -2.37. The van der Waals surface area contributed by atoms with Gasteiger partial charge in [0.25, 0.3) is 0 Å². The summed E-state index contributed by atoms with van der Waals surface area (Å²) >= 11 is 1.78.